The van der Waals surface area contributed by atoms with Gasteiger partial charge >= 0.3 is 0 Å². The topological polar surface area (TPSA) is 59.1 Å². The van der Waals surface area contributed by atoms with E-state index < -0.39 is 0 Å². The van der Waals surface area contributed by atoms with Gasteiger partial charge in [0, 0.05) is 33.4 Å². The van der Waals surface area contributed by atoms with Crippen LogP contribution in [0.1, 0.15) is 19.8 Å². The molecule has 6 heteroatoms. The smallest absolute Gasteiger partial charge is 0.242 e. The van der Waals surface area contributed by atoms with Gasteiger partial charge in [0.05, 0.1) is 25.2 Å². The molecular weight excluding hydrogens is 260 g/mol. The van der Waals surface area contributed by atoms with E-state index in [1.165, 1.54) is 0 Å². The Hall–Kier alpha value is -1.14. The Morgan fingerprint density at radius 1 is 1.45 bits per heavy atom. The second-order valence-electron chi connectivity index (χ2n) is 5.46. The maximum atomic E-state index is 12.5. The molecular formula is C14H24N2O4. The Bertz CT molecular complexity index is 361. The molecule has 0 aliphatic carbocycles. The summed E-state index contributed by atoms with van der Waals surface area (Å²) in [5.74, 6) is -0.0231. The van der Waals surface area contributed by atoms with Crippen molar-refractivity contribution in [3.8, 4) is 0 Å². The fourth-order valence-electron chi connectivity index (χ4n) is 2.82. The number of amides is 2. The summed E-state index contributed by atoms with van der Waals surface area (Å²) in [6, 6.07) is 0. The average Bonchev–Trinajstić information content (AvgIpc) is 2.46. The van der Waals surface area contributed by atoms with Crippen molar-refractivity contribution in [1.29, 1.82) is 0 Å². The van der Waals surface area contributed by atoms with Gasteiger partial charge in [-0.2, -0.15) is 0 Å². The van der Waals surface area contributed by atoms with Gasteiger partial charge in [-0.3, -0.25) is 9.59 Å². The fraction of sp³-hybridized carbons (Fsp3) is 0.857. The minimum absolute atomic E-state index is 0.00558. The lowest BCUT2D eigenvalue weighted by atomic mass is 9.93. The summed E-state index contributed by atoms with van der Waals surface area (Å²) in [6.45, 7) is 5.19. The van der Waals surface area contributed by atoms with Crippen molar-refractivity contribution < 1.29 is 19.1 Å². The zero-order chi connectivity index (χ0) is 14.5. The van der Waals surface area contributed by atoms with Crippen LogP contribution in [0.15, 0.2) is 0 Å². The van der Waals surface area contributed by atoms with Crippen LogP contribution in [0.4, 0.5) is 0 Å². The molecule has 2 fully saturated rings. The number of hydrogen-bond acceptors (Lipinski definition) is 4. The minimum atomic E-state index is -0.0953. The van der Waals surface area contributed by atoms with Gasteiger partial charge in [0.25, 0.3) is 0 Å². The van der Waals surface area contributed by atoms with Crippen molar-refractivity contribution in [2.75, 3.05) is 46.5 Å². The number of piperazine rings is 1. The molecule has 2 aliphatic heterocycles. The number of nitrogens with zero attached hydrogens (tertiary/aromatic N) is 2. The molecule has 2 heterocycles. The van der Waals surface area contributed by atoms with Crippen LogP contribution < -0.4 is 0 Å². The predicted molar refractivity (Wildman–Crippen MR) is 73.2 cm³/mol. The number of ether oxygens (including phenoxy) is 2. The van der Waals surface area contributed by atoms with Gasteiger partial charge in [0.15, 0.2) is 0 Å². The van der Waals surface area contributed by atoms with Gasteiger partial charge in [-0.15, -0.1) is 0 Å². The van der Waals surface area contributed by atoms with E-state index in [1.54, 1.807) is 16.9 Å². The number of rotatable bonds is 4. The van der Waals surface area contributed by atoms with Crippen molar-refractivity contribution in [2.24, 2.45) is 5.92 Å². The summed E-state index contributed by atoms with van der Waals surface area (Å²) < 4.78 is 10.5. The highest BCUT2D eigenvalue weighted by Crippen LogP contribution is 2.23. The molecule has 2 amide bonds. The maximum absolute atomic E-state index is 12.5. The van der Waals surface area contributed by atoms with Crippen LogP contribution in [0.3, 0.4) is 0 Å². The van der Waals surface area contributed by atoms with E-state index in [0.717, 1.165) is 19.4 Å². The molecule has 0 unspecified atom stereocenters. The molecule has 0 aromatic carbocycles. The highest BCUT2D eigenvalue weighted by molar-refractivity contribution is 5.87. The second kappa shape index (κ2) is 7.04. The Balaban J connectivity index is 1.88. The fourth-order valence-corrected chi connectivity index (χ4v) is 2.82. The largest absolute Gasteiger partial charge is 0.383 e. The van der Waals surface area contributed by atoms with Crippen LogP contribution >= 0.6 is 0 Å². The quantitative estimate of drug-likeness (QED) is 0.736. The first-order valence-corrected chi connectivity index (χ1v) is 7.30. The third-order valence-electron chi connectivity index (χ3n) is 4.12. The molecule has 2 aliphatic rings. The van der Waals surface area contributed by atoms with Crippen LogP contribution in [0.2, 0.25) is 0 Å². The Kier molecular flexibility index (Phi) is 5.37. The zero-order valence-corrected chi connectivity index (χ0v) is 12.3. The van der Waals surface area contributed by atoms with Crippen LogP contribution in [-0.4, -0.2) is 74.2 Å². The molecule has 0 radical (unpaired) electrons. The normalized spacial score (nSPS) is 27.8. The van der Waals surface area contributed by atoms with E-state index in [-0.39, 0.29) is 30.4 Å². The van der Waals surface area contributed by atoms with Gasteiger partial charge in [-0.05, 0) is 19.8 Å². The molecule has 114 valence electrons. The number of carbonyl (C=O) groups is 2. The molecule has 0 aromatic heterocycles. The first-order valence-electron chi connectivity index (χ1n) is 7.30. The van der Waals surface area contributed by atoms with Crippen molar-refractivity contribution in [3.63, 3.8) is 0 Å². The molecule has 0 N–H and O–H groups in total. The molecule has 0 saturated carbocycles. The van der Waals surface area contributed by atoms with Crippen LogP contribution in [0, 0.1) is 5.92 Å². The van der Waals surface area contributed by atoms with Crippen LogP contribution in [-0.2, 0) is 19.1 Å². The lowest BCUT2D eigenvalue weighted by molar-refractivity contribution is -0.153. The standard InChI is InChI=1S/C14H24N2O4/c1-11-12(4-3-8-20-11)14(18)16-6-5-15(7-9-19-2)13(17)10-16/h11-12H,3-10H2,1-2H3/t11-,12-/m1/s1. The van der Waals surface area contributed by atoms with Gasteiger partial charge in [0.2, 0.25) is 11.8 Å². The summed E-state index contributed by atoms with van der Waals surface area (Å²) in [7, 11) is 1.62. The first kappa shape index (κ1) is 15.3. The third-order valence-corrected chi connectivity index (χ3v) is 4.12. The summed E-state index contributed by atoms with van der Waals surface area (Å²) in [6.07, 6.45) is 1.73. The zero-order valence-electron chi connectivity index (χ0n) is 12.3. The molecule has 0 aromatic rings. The van der Waals surface area contributed by atoms with Crippen LogP contribution in [0.25, 0.3) is 0 Å². The van der Waals surface area contributed by atoms with E-state index >= 15 is 0 Å². The van der Waals surface area contributed by atoms with Gasteiger partial charge in [0.1, 0.15) is 0 Å². The van der Waals surface area contributed by atoms with Crippen molar-refractivity contribution >= 4 is 11.8 Å². The average molecular weight is 284 g/mol. The third kappa shape index (κ3) is 3.49. The summed E-state index contributed by atoms with van der Waals surface area (Å²) in [4.78, 5) is 27.9. The Labute approximate surface area is 120 Å². The lowest BCUT2D eigenvalue weighted by Gasteiger charge is -2.38. The van der Waals surface area contributed by atoms with Crippen molar-refractivity contribution in [2.45, 2.75) is 25.9 Å². The maximum Gasteiger partial charge on any atom is 0.242 e. The van der Waals surface area contributed by atoms with Gasteiger partial charge < -0.3 is 19.3 Å². The molecule has 6 nitrogen and oxygen atoms in total. The van der Waals surface area contributed by atoms with E-state index in [9.17, 15) is 9.59 Å². The minimum Gasteiger partial charge on any atom is -0.383 e. The SMILES string of the molecule is COCCN1CCN(C(=O)[C@@H]2CCCO[C@@H]2C)CC1=O. The molecule has 2 rings (SSSR count). The number of carbonyl (C=O) groups excluding carboxylic acids is 2. The van der Waals surface area contributed by atoms with E-state index in [2.05, 4.69) is 0 Å². The number of hydrogen-bond donors (Lipinski definition) is 0. The molecule has 2 saturated heterocycles. The molecule has 0 bridgehead atoms. The molecule has 2 atom stereocenters. The van der Waals surface area contributed by atoms with E-state index in [4.69, 9.17) is 9.47 Å². The van der Waals surface area contributed by atoms with E-state index in [0.29, 0.717) is 26.2 Å². The molecule has 20 heavy (non-hydrogen) atoms. The lowest BCUT2D eigenvalue weighted by Crippen LogP contribution is -2.55. The second-order valence-corrected chi connectivity index (χ2v) is 5.46. The van der Waals surface area contributed by atoms with Gasteiger partial charge in [-0.1, -0.05) is 0 Å². The number of methoxy groups -OCH3 is 1. The summed E-state index contributed by atoms with van der Waals surface area (Å²) >= 11 is 0. The van der Waals surface area contributed by atoms with Crippen molar-refractivity contribution in [1.82, 2.24) is 9.80 Å². The summed E-state index contributed by atoms with van der Waals surface area (Å²) in [5.41, 5.74) is 0. The summed E-state index contributed by atoms with van der Waals surface area (Å²) in [5, 5.41) is 0. The first-order chi connectivity index (χ1) is 9.63. The monoisotopic (exact) mass is 284 g/mol. The van der Waals surface area contributed by atoms with Crippen LogP contribution in [0.5, 0.6) is 0 Å². The van der Waals surface area contributed by atoms with Crippen molar-refractivity contribution in [3.05, 3.63) is 0 Å². The Morgan fingerprint density at radius 3 is 2.90 bits per heavy atom. The highest BCUT2D eigenvalue weighted by atomic mass is 16.5. The van der Waals surface area contributed by atoms with Gasteiger partial charge in [-0.25, -0.2) is 0 Å². The highest BCUT2D eigenvalue weighted by Gasteiger charge is 2.35. The molecule has 0 spiro atoms. The van der Waals surface area contributed by atoms with E-state index in [1.807, 2.05) is 6.92 Å². The predicted octanol–water partition coefficient (Wildman–Crippen LogP) is 0.119. The Morgan fingerprint density at radius 2 is 2.25 bits per heavy atom.